The Kier molecular flexibility index (Phi) is 5.33. The number of aryl methyl sites for hydroxylation is 1. The predicted octanol–water partition coefficient (Wildman–Crippen LogP) is 4.94. The second-order valence-electron chi connectivity index (χ2n) is 5.65. The molecule has 0 aliphatic heterocycles. The van der Waals surface area contributed by atoms with Crippen molar-refractivity contribution in [3.05, 3.63) is 58.4 Å². The second kappa shape index (κ2) is 8.03. The Morgan fingerprint density at radius 3 is 3.00 bits per heavy atom. The summed E-state index contributed by atoms with van der Waals surface area (Å²) >= 11 is 4.78. The molecule has 0 saturated heterocycles. The first kappa shape index (κ1) is 17.3. The highest BCUT2D eigenvalue weighted by molar-refractivity contribution is 8.00. The normalized spacial score (nSPS) is 11.1. The fourth-order valence-electron chi connectivity index (χ4n) is 2.61. The minimum Gasteiger partial charge on any atom is -0.361 e. The van der Waals surface area contributed by atoms with Crippen LogP contribution in [-0.2, 0) is 17.0 Å². The van der Waals surface area contributed by atoms with Gasteiger partial charge in [-0.3, -0.25) is 4.79 Å². The summed E-state index contributed by atoms with van der Waals surface area (Å²) in [6.07, 6.45) is 3.08. The highest BCUT2D eigenvalue weighted by atomic mass is 32.2. The van der Waals surface area contributed by atoms with Gasteiger partial charge in [-0.2, -0.15) is 0 Å². The number of carbonyl (C=O) groups excluding carboxylic acids is 1. The molecule has 3 aromatic heterocycles. The molecular formula is C18H16N4OS3. The monoisotopic (exact) mass is 400 g/mol. The summed E-state index contributed by atoms with van der Waals surface area (Å²) in [5.41, 5.74) is 2.25. The third kappa shape index (κ3) is 4.14. The SMILES string of the molecule is O=C(CCc1c[nH]c2ccccc12)Nc1nnc(SCc2cccs2)s1. The molecule has 0 saturated carbocycles. The van der Waals surface area contributed by atoms with Crippen molar-refractivity contribution in [2.24, 2.45) is 0 Å². The molecule has 1 amide bonds. The first-order valence-electron chi connectivity index (χ1n) is 8.11. The van der Waals surface area contributed by atoms with Gasteiger partial charge in [0.2, 0.25) is 11.0 Å². The number of rotatable bonds is 7. The first-order chi connectivity index (χ1) is 12.8. The molecule has 0 radical (unpaired) electrons. The van der Waals surface area contributed by atoms with Crippen LogP contribution in [-0.4, -0.2) is 21.1 Å². The predicted molar refractivity (Wildman–Crippen MR) is 109 cm³/mol. The van der Waals surface area contributed by atoms with Gasteiger partial charge in [0.1, 0.15) is 0 Å². The van der Waals surface area contributed by atoms with Crippen LogP contribution in [0.2, 0.25) is 0 Å². The fourth-order valence-corrected chi connectivity index (χ4v) is 5.16. The molecule has 0 aliphatic carbocycles. The number of hydrogen-bond donors (Lipinski definition) is 2. The van der Waals surface area contributed by atoms with Gasteiger partial charge in [-0.05, 0) is 29.5 Å². The van der Waals surface area contributed by atoms with E-state index >= 15 is 0 Å². The molecule has 0 fully saturated rings. The molecule has 2 N–H and O–H groups in total. The van der Waals surface area contributed by atoms with Crippen LogP contribution in [0.15, 0.2) is 52.3 Å². The zero-order chi connectivity index (χ0) is 17.8. The van der Waals surface area contributed by atoms with E-state index in [1.165, 1.54) is 21.6 Å². The molecular weight excluding hydrogens is 384 g/mol. The van der Waals surface area contributed by atoms with Crippen LogP contribution in [0.3, 0.4) is 0 Å². The Labute approximate surface area is 162 Å². The van der Waals surface area contributed by atoms with Crippen molar-refractivity contribution in [1.82, 2.24) is 15.2 Å². The summed E-state index contributed by atoms with van der Waals surface area (Å²) in [4.78, 5) is 16.7. The van der Waals surface area contributed by atoms with Gasteiger partial charge >= 0.3 is 0 Å². The fraction of sp³-hybridized carbons (Fsp3) is 0.167. The van der Waals surface area contributed by atoms with Crippen LogP contribution in [0.5, 0.6) is 0 Å². The average Bonchev–Trinajstić information content (AvgIpc) is 3.39. The molecule has 0 bridgehead atoms. The quantitative estimate of drug-likeness (QED) is 0.340. The minimum absolute atomic E-state index is 0.0405. The zero-order valence-corrected chi connectivity index (χ0v) is 16.2. The van der Waals surface area contributed by atoms with E-state index in [9.17, 15) is 4.79 Å². The van der Waals surface area contributed by atoms with Gasteiger partial charge in [0.25, 0.3) is 0 Å². The van der Waals surface area contributed by atoms with E-state index in [0.717, 1.165) is 21.2 Å². The molecule has 0 atom stereocenters. The number of thiophene rings is 1. The number of thioether (sulfide) groups is 1. The molecule has 0 spiro atoms. The lowest BCUT2D eigenvalue weighted by Gasteiger charge is -2.01. The number of carbonyl (C=O) groups is 1. The lowest BCUT2D eigenvalue weighted by molar-refractivity contribution is -0.116. The minimum atomic E-state index is -0.0405. The number of amides is 1. The van der Waals surface area contributed by atoms with Gasteiger partial charge in [0, 0.05) is 34.2 Å². The van der Waals surface area contributed by atoms with Crippen LogP contribution in [0.1, 0.15) is 16.9 Å². The summed E-state index contributed by atoms with van der Waals surface area (Å²) in [7, 11) is 0. The number of H-pyrrole nitrogens is 1. The van der Waals surface area contributed by atoms with Crippen molar-refractivity contribution < 1.29 is 4.79 Å². The maximum absolute atomic E-state index is 12.2. The maximum atomic E-state index is 12.2. The molecule has 132 valence electrons. The molecule has 8 heteroatoms. The van der Waals surface area contributed by atoms with E-state index in [0.29, 0.717) is 18.0 Å². The third-order valence-electron chi connectivity index (χ3n) is 3.87. The molecule has 0 unspecified atom stereocenters. The number of hydrogen-bond acceptors (Lipinski definition) is 6. The maximum Gasteiger partial charge on any atom is 0.226 e. The van der Waals surface area contributed by atoms with Crippen molar-refractivity contribution in [2.45, 2.75) is 22.9 Å². The molecule has 4 rings (SSSR count). The van der Waals surface area contributed by atoms with Crippen LogP contribution in [0.4, 0.5) is 5.13 Å². The molecule has 0 aliphatic rings. The van der Waals surface area contributed by atoms with Crippen LogP contribution < -0.4 is 5.32 Å². The summed E-state index contributed by atoms with van der Waals surface area (Å²) in [5, 5.41) is 14.8. The average molecular weight is 401 g/mol. The van der Waals surface area contributed by atoms with Crippen molar-refractivity contribution in [1.29, 1.82) is 0 Å². The number of anilines is 1. The summed E-state index contributed by atoms with van der Waals surface area (Å²) < 4.78 is 0.866. The van der Waals surface area contributed by atoms with Gasteiger partial charge in [-0.25, -0.2) is 0 Å². The highest BCUT2D eigenvalue weighted by Crippen LogP contribution is 2.29. The Bertz CT molecular complexity index is 1010. The van der Waals surface area contributed by atoms with Gasteiger partial charge in [0.05, 0.1) is 0 Å². The second-order valence-corrected chi connectivity index (χ2v) is 8.88. The van der Waals surface area contributed by atoms with E-state index in [1.54, 1.807) is 23.1 Å². The van der Waals surface area contributed by atoms with Crippen molar-refractivity contribution in [2.75, 3.05) is 5.32 Å². The molecule has 1 aromatic carbocycles. The smallest absolute Gasteiger partial charge is 0.226 e. The molecule has 5 nitrogen and oxygen atoms in total. The summed E-state index contributed by atoms with van der Waals surface area (Å²) in [5.74, 6) is 0.835. The Balaban J connectivity index is 1.29. The van der Waals surface area contributed by atoms with E-state index < -0.39 is 0 Å². The number of benzene rings is 1. The van der Waals surface area contributed by atoms with Gasteiger partial charge in [0.15, 0.2) is 4.34 Å². The van der Waals surface area contributed by atoms with Crippen LogP contribution >= 0.6 is 34.4 Å². The third-order valence-corrected chi connectivity index (χ3v) is 6.95. The van der Waals surface area contributed by atoms with Crippen molar-refractivity contribution >= 4 is 56.4 Å². The number of para-hydroxylation sites is 1. The molecule has 26 heavy (non-hydrogen) atoms. The van der Waals surface area contributed by atoms with Gasteiger partial charge in [-0.1, -0.05) is 47.4 Å². The Morgan fingerprint density at radius 2 is 2.12 bits per heavy atom. The lowest BCUT2D eigenvalue weighted by Crippen LogP contribution is -2.12. The van der Waals surface area contributed by atoms with Gasteiger partial charge < -0.3 is 10.3 Å². The van der Waals surface area contributed by atoms with E-state index in [4.69, 9.17) is 0 Å². The van der Waals surface area contributed by atoms with E-state index in [1.807, 2.05) is 30.5 Å². The van der Waals surface area contributed by atoms with Crippen LogP contribution in [0.25, 0.3) is 10.9 Å². The first-order valence-corrected chi connectivity index (χ1v) is 10.8. The van der Waals surface area contributed by atoms with E-state index in [2.05, 4.69) is 38.0 Å². The number of aromatic amines is 1. The summed E-state index contributed by atoms with van der Waals surface area (Å²) in [6.45, 7) is 0. The van der Waals surface area contributed by atoms with Gasteiger partial charge in [-0.15, -0.1) is 21.5 Å². The summed E-state index contributed by atoms with van der Waals surface area (Å²) in [6, 6.07) is 12.3. The lowest BCUT2D eigenvalue weighted by atomic mass is 10.1. The topological polar surface area (TPSA) is 70.7 Å². The van der Waals surface area contributed by atoms with Crippen LogP contribution in [0, 0.1) is 0 Å². The number of nitrogens with one attached hydrogen (secondary N) is 2. The van der Waals surface area contributed by atoms with Crippen molar-refractivity contribution in [3.8, 4) is 0 Å². The number of fused-ring (bicyclic) bond motifs is 1. The largest absolute Gasteiger partial charge is 0.361 e. The number of aromatic nitrogens is 3. The standard InChI is InChI=1S/C18H16N4OS3/c23-16(8-7-12-10-19-15-6-2-1-5-14(12)15)20-17-21-22-18(26-17)25-11-13-4-3-9-24-13/h1-6,9-10,19H,7-8,11H2,(H,20,21,23). The molecule has 3 heterocycles. The molecule has 4 aromatic rings. The Hall–Kier alpha value is -2.16. The zero-order valence-electron chi connectivity index (χ0n) is 13.8. The van der Waals surface area contributed by atoms with E-state index in [-0.39, 0.29) is 5.91 Å². The number of nitrogens with zero attached hydrogens (tertiary/aromatic N) is 2. The highest BCUT2D eigenvalue weighted by Gasteiger charge is 2.11. The Morgan fingerprint density at radius 1 is 1.19 bits per heavy atom. The van der Waals surface area contributed by atoms with Crippen molar-refractivity contribution in [3.63, 3.8) is 0 Å².